The van der Waals surface area contributed by atoms with Crippen molar-refractivity contribution >= 4 is 0 Å². The van der Waals surface area contributed by atoms with Crippen molar-refractivity contribution in [2.45, 2.75) is 77.2 Å². The minimum Gasteiger partial charge on any atom is -0.313 e. The zero-order valence-corrected chi connectivity index (χ0v) is 13.7. The van der Waals surface area contributed by atoms with Crippen molar-refractivity contribution in [1.82, 2.24) is 5.32 Å². The summed E-state index contributed by atoms with van der Waals surface area (Å²) < 4.78 is 0. The van der Waals surface area contributed by atoms with Crippen molar-refractivity contribution < 1.29 is 0 Å². The minimum atomic E-state index is 0.255. The zero-order chi connectivity index (χ0) is 14.6. The van der Waals surface area contributed by atoms with E-state index in [0.29, 0.717) is 12.0 Å². The van der Waals surface area contributed by atoms with Crippen LogP contribution in [0.3, 0.4) is 0 Å². The van der Waals surface area contributed by atoms with Crippen molar-refractivity contribution in [3.63, 3.8) is 0 Å². The molecule has 1 nitrogen and oxygen atoms in total. The highest BCUT2D eigenvalue weighted by Crippen LogP contribution is 2.34. The Bertz CT molecular complexity index is 399. The Morgan fingerprint density at radius 2 is 1.70 bits per heavy atom. The molecular weight excluding hydrogens is 242 g/mol. The van der Waals surface area contributed by atoms with Crippen molar-refractivity contribution in [1.29, 1.82) is 0 Å². The van der Waals surface area contributed by atoms with E-state index >= 15 is 0 Å². The SMILES string of the molecule is CCCNC1CCCCC1c1ccc(C(C)(C)C)cc1. The predicted octanol–water partition coefficient (Wildman–Crippen LogP) is 5.01. The van der Waals surface area contributed by atoms with E-state index in [2.05, 4.69) is 57.3 Å². The Morgan fingerprint density at radius 1 is 1.05 bits per heavy atom. The van der Waals surface area contributed by atoms with Crippen LogP contribution in [-0.4, -0.2) is 12.6 Å². The third-order valence-electron chi connectivity index (χ3n) is 4.63. The molecule has 0 heterocycles. The topological polar surface area (TPSA) is 12.0 Å². The molecule has 2 unspecified atom stereocenters. The van der Waals surface area contributed by atoms with Crippen LogP contribution < -0.4 is 5.32 Å². The van der Waals surface area contributed by atoms with Gasteiger partial charge in [0.1, 0.15) is 0 Å². The van der Waals surface area contributed by atoms with Crippen molar-refractivity contribution in [3.05, 3.63) is 35.4 Å². The highest BCUT2D eigenvalue weighted by Gasteiger charge is 2.26. The van der Waals surface area contributed by atoms with E-state index in [1.54, 1.807) is 0 Å². The van der Waals surface area contributed by atoms with Crippen molar-refractivity contribution in [2.24, 2.45) is 0 Å². The number of benzene rings is 1. The van der Waals surface area contributed by atoms with Gasteiger partial charge < -0.3 is 5.32 Å². The van der Waals surface area contributed by atoms with Crippen molar-refractivity contribution in [3.8, 4) is 0 Å². The first-order valence-electron chi connectivity index (χ1n) is 8.36. The minimum absolute atomic E-state index is 0.255. The molecule has 0 bridgehead atoms. The molecule has 2 atom stereocenters. The molecule has 2 rings (SSSR count). The van der Waals surface area contributed by atoms with E-state index in [1.165, 1.54) is 43.2 Å². The third-order valence-corrected chi connectivity index (χ3v) is 4.63. The van der Waals surface area contributed by atoms with E-state index in [9.17, 15) is 0 Å². The molecule has 0 saturated heterocycles. The molecule has 1 N–H and O–H groups in total. The normalized spacial score (nSPS) is 23.8. The molecule has 1 heteroatoms. The van der Waals surface area contributed by atoms with Gasteiger partial charge >= 0.3 is 0 Å². The van der Waals surface area contributed by atoms with Gasteiger partial charge in [-0.05, 0) is 48.3 Å². The molecule has 0 amide bonds. The lowest BCUT2D eigenvalue weighted by Crippen LogP contribution is -2.37. The van der Waals surface area contributed by atoms with Crippen LogP contribution in [0.4, 0.5) is 0 Å². The summed E-state index contributed by atoms with van der Waals surface area (Å²) in [6, 6.07) is 10.1. The second kappa shape index (κ2) is 6.76. The Hall–Kier alpha value is -0.820. The second-order valence-corrected chi connectivity index (χ2v) is 7.32. The molecule has 1 fully saturated rings. The van der Waals surface area contributed by atoms with Gasteiger partial charge in [-0.1, -0.05) is 64.8 Å². The van der Waals surface area contributed by atoms with Gasteiger partial charge in [0.2, 0.25) is 0 Å². The maximum absolute atomic E-state index is 3.76. The Labute approximate surface area is 125 Å². The van der Waals surface area contributed by atoms with E-state index in [1.807, 2.05) is 0 Å². The number of hydrogen-bond acceptors (Lipinski definition) is 1. The first-order chi connectivity index (χ1) is 9.52. The number of hydrogen-bond donors (Lipinski definition) is 1. The van der Waals surface area contributed by atoms with Crippen LogP contribution in [0.15, 0.2) is 24.3 Å². The lowest BCUT2D eigenvalue weighted by atomic mass is 9.78. The summed E-state index contributed by atoms with van der Waals surface area (Å²) >= 11 is 0. The fraction of sp³-hybridized carbons (Fsp3) is 0.684. The van der Waals surface area contributed by atoms with E-state index in [4.69, 9.17) is 0 Å². The van der Waals surface area contributed by atoms with E-state index < -0.39 is 0 Å². The van der Waals surface area contributed by atoms with Crippen LogP contribution >= 0.6 is 0 Å². The van der Waals surface area contributed by atoms with E-state index in [-0.39, 0.29) is 5.41 Å². The molecule has 1 aromatic rings. The highest BCUT2D eigenvalue weighted by atomic mass is 14.9. The highest BCUT2D eigenvalue weighted by molar-refractivity contribution is 5.30. The quantitative estimate of drug-likeness (QED) is 0.813. The summed E-state index contributed by atoms with van der Waals surface area (Å²) in [5.74, 6) is 0.712. The first kappa shape index (κ1) is 15.6. The maximum Gasteiger partial charge on any atom is 0.0136 e. The fourth-order valence-corrected chi connectivity index (χ4v) is 3.33. The number of nitrogens with one attached hydrogen (secondary N) is 1. The van der Waals surface area contributed by atoms with Gasteiger partial charge in [-0.15, -0.1) is 0 Å². The summed E-state index contributed by atoms with van der Waals surface area (Å²) in [5, 5.41) is 3.76. The van der Waals surface area contributed by atoms with E-state index in [0.717, 1.165) is 6.54 Å². The predicted molar refractivity (Wildman–Crippen MR) is 88.4 cm³/mol. The van der Waals surface area contributed by atoms with Crippen LogP contribution in [0, 0.1) is 0 Å². The second-order valence-electron chi connectivity index (χ2n) is 7.32. The molecule has 1 aliphatic carbocycles. The average Bonchev–Trinajstić information content (AvgIpc) is 2.45. The van der Waals surface area contributed by atoms with Crippen molar-refractivity contribution in [2.75, 3.05) is 6.54 Å². The smallest absolute Gasteiger partial charge is 0.0136 e. The largest absolute Gasteiger partial charge is 0.313 e. The molecule has 0 aromatic heterocycles. The van der Waals surface area contributed by atoms with Gasteiger partial charge in [0, 0.05) is 6.04 Å². The van der Waals surface area contributed by atoms with Crippen LogP contribution in [0.1, 0.15) is 76.8 Å². The molecule has 0 spiro atoms. The van der Waals surface area contributed by atoms with Gasteiger partial charge in [0.25, 0.3) is 0 Å². The summed E-state index contributed by atoms with van der Waals surface area (Å²) in [6.45, 7) is 10.3. The molecule has 0 radical (unpaired) electrons. The monoisotopic (exact) mass is 273 g/mol. The molecule has 1 saturated carbocycles. The standard InChI is InChI=1S/C19H31N/c1-5-14-20-18-9-7-6-8-17(18)15-10-12-16(13-11-15)19(2,3)4/h10-13,17-18,20H,5-9,14H2,1-4H3. The van der Waals surface area contributed by atoms with Gasteiger partial charge in [-0.3, -0.25) is 0 Å². The van der Waals surface area contributed by atoms with Gasteiger partial charge in [-0.25, -0.2) is 0 Å². The maximum atomic E-state index is 3.76. The Balaban J connectivity index is 2.11. The molecule has 1 aliphatic rings. The molecule has 112 valence electrons. The molecular formula is C19H31N. The molecule has 0 aliphatic heterocycles. The molecule has 20 heavy (non-hydrogen) atoms. The lowest BCUT2D eigenvalue weighted by Gasteiger charge is -2.33. The van der Waals surface area contributed by atoms with Crippen LogP contribution in [0.2, 0.25) is 0 Å². The summed E-state index contributed by atoms with van der Waals surface area (Å²) in [6.07, 6.45) is 6.68. The van der Waals surface area contributed by atoms with Crippen LogP contribution in [-0.2, 0) is 5.41 Å². The summed E-state index contributed by atoms with van der Waals surface area (Å²) in [7, 11) is 0. The molecule has 1 aromatic carbocycles. The summed E-state index contributed by atoms with van der Waals surface area (Å²) in [4.78, 5) is 0. The van der Waals surface area contributed by atoms with Crippen LogP contribution in [0.5, 0.6) is 0 Å². The third kappa shape index (κ3) is 3.85. The Kier molecular flexibility index (Phi) is 5.26. The summed E-state index contributed by atoms with van der Waals surface area (Å²) in [5.41, 5.74) is 3.23. The zero-order valence-electron chi connectivity index (χ0n) is 13.7. The van der Waals surface area contributed by atoms with Gasteiger partial charge in [0.05, 0.1) is 0 Å². The van der Waals surface area contributed by atoms with Crippen LogP contribution in [0.25, 0.3) is 0 Å². The average molecular weight is 273 g/mol. The first-order valence-corrected chi connectivity index (χ1v) is 8.36. The Morgan fingerprint density at radius 3 is 2.30 bits per heavy atom. The van der Waals surface area contributed by atoms with Gasteiger partial charge in [0.15, 0.2) is 0 Å². The fourth-order valence-electron chi connectivity index (χ4n) is 3.33. The van der Waals surface area contributed by atoms with Gasteiger partial charge in [-0.2, -0.15) is 0 Å². The number of rotatable bonds is 4. The lowest BCUT2D eigenvalue weighted by molar-refractivity contribution is 0.328.